The van der Waals surface area contributed by atoms with Crippen LogP contribution in [0.15, 0.2) is 23.1 Å². The smallest absolute Gasteiger partial charge is 0.243 e. The summed E-state index contributed by atoms with van der Waals surface area (Å²) >= 11 is 5.40. The highest BCUT2D eigenvalue weighted by atomic mass is 32.2. The minimum Gasteiger partial charge on any atom is -0.506 e. The lowest BCUT2D eigenvalue weighted by molar-refractivity contribution is 0.391. The Morgan fingerprint density at radius 3 is 2.62 bits per heavy atom. The largest absolute Gasteiger partial charge is 0.506 e. The lowest BCUT2D eigenvalue weighted by atomic mass is 9.96. The number of aromatic hydroxyl groups is 1. The fourth-order valence-corrected chi connectivity index (χ4v) is 6.41. The van der Waals surface area contributed by atoms with E-state index in [1.165, 1.54) is 41.8 Å². The maximum absolute atomic E-state index is 12.7. The number of thiocarbonyl (C=S) groups is 1. The zero-order valence-electron chi connectivity index (χ0n) is 14.6. The first-order chi connectivity index (χ1) is 12.4. The molecule has 26 heavy (non-hydrogen) atoms. The van der Waals surface area contributed by atoms with Gasteiger partial charge in [0, 0.05) is 19.1 Å². The Morgan fingerprint density at radius 2 is 1.96 bits per heavy atom. The lowest BCUT2D eigenvalue weighted by Gasteiger charge is -2.25. The molecule has 0 spiro atoms. The van der Waals surface area contributed by atoms with E-state index in [0.717, 1.165) is 25.2 Å². The Kier molecular flexibility index (Phi) is 4.83. The van der Waals surface area contributed by atoms with E-state index in [0.29, 0.717) is 35.8 Å². The molecule has 142 valence electrons. The fourth-order valence-electron chi connectivity index (χ4n) is 4.60. The molecule has 2 saturated carbocycles. The molecule has 1 saturated heterocycles. The Labute approximate surface area is 160 Å². The van der Waals surface area contributed by atoms with Crippen LogP contribution in [0.4, 0.5) is 5.69 Å². The van der Waals surface area contributed by atoms with Gasteiger partial charge < -0.3 is 15.7 Å². The molecule has 1 aromatic carbocycles. The van der Waals surface area contributed by atoms with Crippen molar-refractivity contribution in [1.82, 2.24) is 9.62 Å². The van der Waals surface area contributed by atoms with Gasteiger partial charge in [0.2, 0.25) is 10.0 Å². The monoisotopic (exact) mass is 395 g/mol. The van der Waals surface area contributed by atoms with E-state index < -0.39 is 10.0 Å². The van der Waals surface area contributed by atoms with Crippen LogP contribution < -0.4 is 10.6 Å². The average Bonchev–Trinajstić information content (AvgIpc) is 3.34. The van der Waals surface area contributed by atoms with Gasteiger partial charge in [-0.2, -0.15) is 4.31 Å². The molecule has 2 bridgehead atoms. The number of sulfonamides is 1. The van der Waals surface area contributed by atoms with Gasteiger partial charge in [0.05, 0.1) is 10.6 Å². The molecule has 0 amide bonds. The molecular formula is C18H25N3O3S2. The van der Waals surface area contributed by atoms with Gasteiger partial charge in [0.15, 0.2) is 5.11 Å². The van der Waals surface area contributed by atoms with E-state index in [9.17, 15) is 13.5 Å². The molecule has 1 heterocycles. The number of nitrogens with zero attached hydrogens (tertiary/aromatic N) is 1. The van der Waals surface area contributed by atoms with Crippen molar-refractivity contribution in [3.63, 3.8) is 0 Å². The Hall–Kier alpha value is -1.38. The van der Waals surface area contributed by atoms with Gasteiger partial charge in [-0.3, -0.25) is 0 Å². The third kappa shape index (κ3) is 3.42. The van der Waals surface area contributed by atoms with Crippen LogP contribution in [0.5, 0.6) is 5.75 Å². The van der Waals surface area contributed by atoms with Crippen LogP contribution in [0.1, 0.15) is 38.5 Å². The van der Waals surface area contributed by atoms with Crippen LogP contribution >= 0.6 is 12.2 Å². The van der Waals surface area contributed by atoms with E-state index in [4.69, 9.17) is 12.2 Å². The quantitative estimate of drug-likeness (QED) is 0.537. The van der Waals surface area contributed by atoms with Crippen molar-refractivity contribution in [2.75, 3.05) is 18.4 Å². The van der Waals surface area contributed by atoms with Crippen LogP contribution in [0, 0.1) is 11.8 Å². The highest BCUT2D eigenvalue weighted by Crippen LogP contribution is 2.44. The van der Waals surface area contributed by atoms with Gasteiger partial charge in [-0.25, -0.2) is 8.42 Å². The molecule has 1 aromatic rings. The van der Waals surface area contributed by atoms with Gasteiger partial charge in [0.25, 0.3) is 0 Å². The maximum atomic E-state index is 12.7. The molecular weight excluding hydrogens is 370 g/mol. The number of phenolic OH excluding ortho intramolecular Hbond substituents is 1. The summed E-state index contributed by atoms with van der Waals surface area (Å²) in [5.74, 6) is 1.47. The number of rotatable bonds is 4. The summed E-state index contributed by atoms with van der Waals surface area (Å²) in [6, 6.07) is 4.71. The number of phenols is 1. The molecule has 4 rings (SSSR count). The van der Waals surface area contributed by atoms with E-state index in [2.05, 4.69) is 10.6 Å². The average molecular weight is 396 g/mol. The second-order valence-electron chi connectivity index (χ2n) is 7.67. The zero-order valence-corrected chi connectivity index (χ0v) is 16.3. The molecule has 6 nitrogen and oxygen atoms in total. The minimum absolute atomic E-state index is 0.0116. The minimum atomic E-state index is -3.52. The van der Waals surface area contributed by atoms with Crippen LogP contribution in [-0.4, -0.2) is 42.1 Å². The second-order valence-corrected chi connectivity index (χ2v) is 10.0. The highest BCUT2D eigenvalue weighted by Gasteiger charge is 2.39. The SMILES string of the molecule is O=S(=O)(c1ccc(O)c(NC(=S)N[C@@H]2C[C@H]3CC[C@@H]2C3)c1)N1CCCC1. The maximum Gasteiger partial charge on any atom is 0.243 e. The molecule has 0 radical (unpaired) electrons. The number of hydrogen-bond donors (Lipinski definition) is 3. The van der Waals surface area contributed by atoms with Crippen LogP contribution in [0.3, 0.4) is 0 Å². The van der Waals surface area contributed by atoms with E-state index in [-0.39, 0.29) is 10.6 Å². The number of hydrogen-bond acceptors (Lipinski definition) is 4. The summed E-state index contributed by atoms with van der Waals surface area (Å²) in [7, 11) is -3.52. The summed E-state index contributed by atoms with van der Waals surface area (Å²) in [6.45, 7) is 1.10. The standard InChI is InChI=1S/C18H25N3O3S2/c22-17-6-5-14(26(23,24)21-7-1-2-8-21)11-16(17)20-18(25)19-15-10-12-3-4-13(15)9-12/h5-6,11-13,15,22H,1-4,7-10H2,(H2,19,20,25)/t12-,13+,15+/m0/s1. The molecule has 3 fully saturated rings. The Bertz CT molecular complexity index is 806. The van der Waals surface area contributed by atoms with Crippen LogP contribution in [-0.2, 0) is 10.0 Å². The molecule has 3 atom stereocenters. The summed E-state index contributed by atoms with van der Waals surface area (Å²) in [5.41, 5.74) is 0.325. The third-order valence-corrected chi connectivity index (χ3v) is 8.09. The molecule has 0 aromatic heterocycles. The van der Waals surface area contributed by atoms with Crippen molar-refractivity contribution in [2.45, 2.75) is 49.5 Å². The summed E-state index contributed by atoms with van der Waals surface area (Å²) < 4.78 is 26.9. The van der Waals surface area contributed by atoms with Crippen molar-refractivity contribution in [3.05, 3.63) is 18.2 Å². The number of benzene rings is 1. The van der Waals surface area contributed by atoms with Crippen molar-refractivity contribution >= 4 is 33.0 Å². The molecule has 0 unspecified atom stereocenters. The Morgan fingerprint density at radius 1 is 1.19 bits per heavy atom. The van der Waals surface area contributed by atoms with Crippen molar-refractivity contribution in [2.24, 2.45) is 11.8 Å². The van der Waals surface area contributed by atoms with E-state index in [1.54, 1.807) is 0 Å². The topological polar surface area (TPSA) is 81.7 Å². The number of anilines is 1. The molecule has 3 N–H and O–H groups in total. The highest BCUT2D eigenvalue weighted by molar-refractivity contribution is 7.89. The van der Waals surface area contributed by atoms with Crippen molar-refractivity contribution < 1.29 is 13.5 Å². The molecule has 2 aliphatic carbocycles. The predicted molar refractivity (Wildman–Crippen MR) is 105 cm³/mol. The zero-order chi connectivity index (χ0) is 18.3. The second kappa shape index (κ2) is 6.98. The van der Waals surface area contributed by atoms with Crippen molar-refractivity contribution in [1.29, 1.82) is 0 Å². The van der Waals surface area contributed by atoms with Gasteiger partial charge >= 0.3 is 0 Å². The van der Waals surface area contributed by atoms with Gasteiger partial charge in [-0.1, -0.05) is 6.42 Å². The third-order valence-electron chi connectivity index (χ3n) is 5.97. The van der Waals surface area contributed by atoms with Gasteiger partial charge in [-0.15, -0.1) is 0 Å². The summed E-state index contributed by atoms with van der Waals surface area (Å²) in [5, 5.41) is 16.9. The van der Waals surface area contributed by atoms with E-state index >= 15 is 0 Å². The fraction of sp³-hybridized carbons (Fsp3) is 0.611. The molecule has 8 heteroatoms. The summed E-state index contributed by atoms with van der Waals surface area (Å²) in [6.07, 6.45) is 6.76. The first-order valence-corrected chi connectivity index (χ1v) is 11.2. The van der Waals surface area contributed by atoms with Gasteiger partial charge in [-0.05, 0) is 74.4 Å². The Balaban J connectivity index is 1.47. The van der Waals surface area contributed by atoms with Crippen LogP contribution in [0.25, 0.3) is 0 Å². The van der Waals surface area contributed by atoms with Gasteiger partial charge in [0.1, 0.15) is 5.75 Å². The first kappa shape index (κ1) is 18.0. The van der Waals surface area contributed by atoms with E-state index in [1.807, 2.05) is 0 Å². The first-order valence-electron chi connectivity index (χ1n) is 9.34. The lowest BCUT2D eigenvalue weighted by Crippen LogP contribution is -2.40. The summed E-state index contributed by atoms with van der Waals surface area (Å²) in [4.78, 5) is 0.183. The molecule has 1 aliphatic heterocycles. The molecule has 3 aliphatic rings. The normalized spacial score (nSPS) is 28.4. The van der Waals surface area contributed by atoms with Crippen molar-refractivity contribution in [3.8, 4) is 5.75 Å². The number of nitrogens with one attached hydrogen (secondary N) is 2. The predicted octanol–water partition coefficient (Wildman–Crippen LogP) is 2.65. The number of fused-ring (bicyclic) bond motifs is 2. The van der Waals surface area contributed by atoms with Crippen LogP contribution in [0.2, 0.25) is 0 Å².